The number of amides is 1. The number of hydrogen-bond donors (Lipinski definition) is 0. The summed E-state index contributed by atoms with van der Waals surface area (Å²) in [4.78, 5) is 38.3. The van der Waals surface area contributed by atoms with Gasteiger partial charge in [0.25, 0.3) is 5.91 Å². The van der Waals surface area contributed by atoms with Crippen molar-refractivity contribution in [2.24, 2.45) is 0 Å². The first-order chi connectivity index (χ1) is 14.6. The van der Waals surface area contributed by atoms with Gasteiger partial charge in [-0.15, -0.1) is 11.3 Å². The molecule has 1 aliphatic rings. The number of hydrogen-bond acceptors (Lipinski definition) is 7. The summed E-state index contributed by atoms with van der Waals surface area (Å²) < 4.78 is 5.24. The normalized spacial score (nSPS) is 13.9. The number of esters is 1. The molecule has 0 bridgehead atoms. The SMILES string of the molecule is O=C(OCC(=O)N1CCN(c2ncccn2)CC1)c1ccc(-c2ccc(Cl)cc2)s1. The minimum atomic E-state index is -0.495. The fourth-order valence-electron chi connectivity index (χ4n) is 3.12. The zero-order valence-corrected chi connectivity index (χ0v) is 17.6. The van der Waals surface area contributed by atoms with Gasteiger partial charge in [-0.05, 0) is 35.9 Å². The molecule has 1 fully saturated rings. The van der Waals surface area contributed by atoms with Gasteiger partial charge in [0.15, 0.2) is 6.61 Å². The van der Waals surface area contributed by atoms with Crippen molar-refractivity contribution >= 4 is 40.8 Å². The summed E-state index contributed by atoms with van der Waals surface area (Å²) >= 11 is 7.24. The quantitative estimate of drug-likeness (QED) is 0.564. The highest BCUT2D eigenvalue weighted by atomic mass is 35.5. The maximum absolute atomic E-state index is 12.4. The van der Waals surface area contributed by atoms with Crippen LogP contribution in [0, 0.1) is 0 Å². The number of ether oxygens (including phenoxy) is 1. The topological polar surface area (TPSA) is 75.6 Å². The van der Waals surface area contributed by atoms with E-state index < -0.39 is 5.97 Å². The molecule has 1 saturated heterocycles. The van der Waals surface area contributed by atoms with E-state index in [1.807, 2.05) is 23.1 Å². The molecule has 0 N–H and O–H groups in total. The molecule has 0 unspecified atom stereocenters. The fraction of sp³-hybridized carbons (Fsp3) is 0.238. The lowest BCUT2D eigenvalue weighted by Gasteiger charge is -2.34. The molecule has 0 aliphatic carbocycles. The number of thiophene rings is 1. The van der Waals surface area contributed by atoms with E-state index in [1.54, 1.807) is 41.6 Å². The van der Waals surface area contributed by atoms with Crippen molar-refractivity contribution in [2.45, 2.75) is 0 Å². The molecular weight excluding hydrogens is 424 g/mol. The molecular formula is C21H19ClN4O3S. The van der Waals surface area contributed by atoms with Crippen LogP contribution in [0.3, 0.4) is 0 Å². The van der Waals surface area contributed by atoms with Crippen molar-refractivity contribution in [3.8, 4) is 10.4 Å². The zero-order valence-electron chi connectivity index (χ0n) is 16.0. The molecule has 9 heteroatoms. The minimum Gasteiger partial charge on any atom is -0.451 e. The maximum Gasteiger partial charge on any atom is 0.348 e. The van der Waals surface area contributed by atoms with E-state index in [0.29, 0.717) is 42.0 Å². The monoisotopic (exact) mass is 442 g/mol. The Kier molecular flexibility index (Phi) is 6.25. The van der Waals surface area contributed by atoms with E-state index in [2.05, 4.69) is 9.97 Å². The summed E-state index contributed by atoms with van der Waals surface area (Å²) in [6, 6.07) is 12.7. The number of halogens is 1. The van der Waals surface area contributed by atoms with Crippen molar-refractivity contribution in [1.29, 1.82) is 0 Å². The first kappa shape index (κ1) is 20.3. The third kappa shape index (κ3) is 4.77. The number of carbonyl (C=O) groups excluding carboxylic acids is 2. The third-order valence-electron chi connectivity index (χ3n) is 4.73. The van der Waals surface area contributed by atoms with Gasteiger partial charge in [0.05, 0.1) is 0 Å². The first-order valence-electron chi connectivity index (χ1n) is 9.43. The Morgan fingerprint density at radius 1 is 1.00 bits per heavy atom. The number of rotatable bonds is 5. The van der Waals surface area contributed by atoms with Crippen molar-refractivity contribution in [3.05, 3.63) is 64.8 Å². The number of carbonyl (C=O) groups is 2. The lowest BCUT2D eigenvalue weighted by atomic mass is 10.2. The van der Waals surface area contributed by atoms with Gasteiger partial charge in [0, 0.05) is 48.5 Å². The molecule has 0 atom stereocenters. The van der Waals surface area contributed by atoms with Crippen LogP contribution < -0.4 is 4.90 Å². The van der Waals surface area contributed by atoms with Crippen LogP contribution in [0.25, 0.3) is 10.4 Å². The van der Waals surface area contributed by atoms with Gasteiger partial charge in [-0.25, -0.2) is 14.8 Å². The molecule has 3 aromatic rings. The summed E-state index contributed by atoms with van der Waals surface area (Å²) in [5.41, 5.74) is 0.972. The van der Waals surface area contributed by atoms with Crippen LogP contribution in [0.4, 0.5) is 5.95 Å². The molecule has 4 rings (SSSR count). The minimum absolute atomic E-state index is 0.202. The van der Waals surface area contributed by atoms with Gasteiger partial charge >= 0.3 is 5.97 Å². The standard InChI is InChI=1S/C21H19ClN4O3S/c22-16-4-2-15(3-5-16)17-6-7-18(30-17)20(28)29-14-19(27)25-10-12-26(13-11-25)21-23-8-1-9-24-21/h1-9H,10-14H2. The second kappa shape index (κ2) is 9.23. The molecule has 0 saturated carbocycles. The van der Waals surface area contributed by atoms with Crippen LogP contribution in [0.2, 0.25) is 5.02 Å². The second-order valence-electron chi connectivity index (χ2n) is 6.66. The van der Waals surface area contributed by atoms with E-state index in [9.17, 15) is 9.59 Å². The average molecular weight is 443 g/mol. The van der Waals surface area contributed by atoms with Gasteiger partial charge in [-0.1, -0.05) is 23.7 Å². The van der Waals surface area contributed by atoms with E-state index in [0.717, 1.165) is 10.4 Å². The van der Waals surface area contributed by atoms with Gasteiger partial charge < -0.3 is 14.5 Å². The summed E-state index contributed by atoms with van der Waals surface area (Å²) in [7, 11) is 0. The van der Waals surface area contributed by atoms with Crippen LogP contribution in [0.1, 0.15) is 9.67 Å². The third-order valence-corrected chi connectivity index (χ3v) is 6.10. The summed E-state index contributed by atoms with van der Waals surface area (Å²) in [6.07, 6.45) is 3.39. The van der Waals surface area contributed by atoms with Crippen LogP contribution in [-0.4, -0.2) is 59.5 Å². The first-order valence-corrected chi connectivity index (χ1v) is 10.6. The van der Waals surface area contributed by atoms with E-state index in [4.69, 9.17) is 16.3 Å². The van der Waals surface area contributed by atoms with E-state index >= 15 is 0 Å². The Balaban J connectivity index is 1.27. The lowest BCUT2D eigenvalue weighted by Crippen LogP contribution is -2.50. The Labute approximate surface area is 182 Å². The smallest absolute Gasteiger partial charge is 0.348 e. The summed E-state index contributed by atoms with van der Waals surface area (Å²) in [5, 5.41) is 0.658. The van der Waals surface area contributed by atoms with E-state index in [-0.39, 0.29) is 12.5 Å². The molecule has 154 valence electrons. The van der Waals surface area contributed by atoms with Crippen molar-refractivity contribution in [3.63, 3.8) is 0 Å². The van der Waals surface area contributed by atoms with Crippen LogP contribution >= 0.6 is 22.9 Å². The Bertz CT molecular complexity index is 1020. The van der Waals surface area contributed by atoms with Crippen LogP contribution in [0.15, 0.2) is 54.9 Å². The molecule has 2 aromatic heterocycles. The van der Waals surface area contributed by atoms with Gasteiger partial charge in [-0.2, -0.15) is 0 Å². The molecule has 0 spiro atoms. The largest absolute Gasteiger partial charge is 0.451 e. The summed E-state index contributed by atoms with van der Waals surface area (Å²) in [5.74, 6) is -0.0402. The Hall–Kier alpha value is -2.97. The molecule has 1 amide bonds. The molecule has 7 nitrogen and oxygen atoms in total. The van der Waals surface area contributed by atoms with Crippen molar-refractivity contribution in [2.75, 3.05) is 37.7 Å². The van der Waals surface area contributed by atoms with E-state index in [1.165, 1.54) is 11.3 Å². The van der Waals surface area contributed by atoms with Crippen LogP contribution in [0.5, 0.6) is 0 Å². The van der Waals surface area contributed by atoms with Crippen molar-refractivity contribution < 1.29 is 14.3 Å². The predicted molar refractivity (Wildman–Crippen MR) is 116 cm³/mol. The fourth-order valence-corrected chi connectivity index (χ4v) is 4.15. The Morgan fingerprint density at radius 3 is 2.40 bits per heavy atom. The number of piperazine rings is 1. The highest BCUT2D eigenvalue weighted by Crippen LogP contribution is 2.29. The molecule has 1 aromatic carbocycles. The van der Waals surface area contributed by atoms with Crippen molar-refractivity contribution in [1.82, 2.24) is 14.9 Å². The second-order valence-corrected chi connectivity index (χ2v) is 8.18. The van der Waals surface area contributed by atoms with Crippen LogP contribution in [-0.2, 0) is 9.53 Å². The number of anilines is 1. The predicted octanol–water partition coefficient (Wildman–Crippen LogP) is 3.36. The number of nitrogens with zero attached hydrogens (tertiary/aromatic N) is 4. The highest BCUT2D eigenvalue weighted by Gasteiger charge is 2.23. The maximum atomic E-state index is 12.4. The number of aromatic nitrogens is 2. The lowest BCUT2D eigenvalue weighted by molar-refractivity contribution is -0.134. The highest BCUT2D eigenvalue weighted by molar-refractivity contribution is 7.17. The molecule has 3 heterocycles. The molecule has 1 aliphatic heterocycles. The molecule has 0 radical (unpaired) electrons. The van der Waals surface area contributed by atoms with Gasteiger partial charge in [0.2, 0.25) is 5.95 Å². The summed E-state index contributed by atoms with van der Waals surface area (Å²) in [6.45, 7) is 2.08. The average Bonchev–Trinajstić information content (AvgIpc) is 3.29. The number of benzene rings is 1. The zero-order chi connectivity index (χ0) is 20.9. The van der Waals surface area contributed by atoms with Gasteiger partial charge in [-0.3, -0.25) is 4.79 Å². The Morgan fingerprint density at radius 2 is 1.70 bits per heavy atom. The molecule has 30 heavy (non-hydrogen) atoms. The van der Waals surface area contributed by atoms with Gasteiger partial charge in [0.1, 0.15) is 4.88 Å².